The lowest BCUT2D eigenvalue weighted by molar-refractivity contribution is -0.123. The largest absolute Gasteiger partial charge is 0.346 e. The first kappa shape index (κ1) is 41.8. The fraction of sp³-hybridized carbons (Fsp3) is 0.341. The Labute approximate surface area is 350 Å². The first-order valence-electron chi connectivity index (χ1n) is 18.8. The fourth-order valence-corrected chi connectivity index (χ4v) is 8.99. The zero-order valence-electron chi connectivity index (χ0n) is 33.0. The van der Waals surface area contributed by atoms with Crippen molar-refractivity contribution in [3.8, 4) is 23.0 Å². The standard InChI is InChI=1S/C41H36ClF6N9O3S/c1-40(2,39-49-12-13-55(39)3)11-10-23-6-7-24(25-8-9-28(42)32-35(25)56(4)53-38(32)54-61(5,59)60)33(50-23)29(16-20-14-21(43)17-22(44)15-20)51-30(58)19-57-36-31(34(52-57)37(45)46)26-18-27(26)41(36,47)48/h6-9,12-15,17,26-27,29,37H,16,18-19H2,1-5H3,(H,51,58)(H,53,54)/t26-,27+,29-/m0/s1. The van der Waals surface area contributed by atoms with E-state index in [9.17, 15) is 30.8 Å². The van der Waals surface area contributed by atoms with E-state index in [1.807, 2.05) is 25.5 Å². The maximum atomic E-state index is 15.5. The van der Waals surface area contributed by atoms with Gasteiger partial charge in [-0.15, -0.1) is 0 Å². The number of amides is 1. The number of pyridine rings is 1. The molecule has 61 heavy (non-hydrogen) atoms. The predicted molar refractivity (Wildman–Crippen MR) is 213 cm³/mol. The van der Waals surface area contributed by atoms with E-state index < -0.39 is 81.1 Å². The van der Waals surface area contributed by atoms with Gasteiger partial charge in [0.15, 0.2) is 5.82 Å². The van der Waals surface area contributed by atoms with Crippen molar-refractivity contribution < 1.29 is 39.6 Å². The van der Waals surface area contributed by atoms with Crippen LogP contribution in [0.1, 0.15) is 78.4 Å². The van der Waals surface area contributed by atoms with Crippen LogP contribution in [-0.2, 0) is 53.2 Å². The molecular weight excluding hydrogens is 848 g/mol. The van der Waals surface area contributed by atoms with Crippen LogP contribution in [0.25, 0.3) is 22.0 Å². The molecule has 2 aliphatic carbocycles. The summed E-state index contributed by atoms with van der Waals surface area (Å²) in [5.74, 6) is -1.44. The average molecular weight is 884 g/mol. The van der Waals surface area contributed by atoms with Gasteiger partial charge >= 0.3 is 0 Å². The summed E-state index contributed by atoms with van der Waals surface area (Å²) in [7, 11) is -0.468. The Morgan fingerprint density at radius 1 is 1.05 bits per heavy atom. The summed E-state index contributed by atoms with van der Waals surface area (Å²) in [5, 5.41) is 11.2. The Bertz CT molecular complexity index is 2930. The molecule has 4 heterocycles. The number of hydrogen-bond donors (Lipinski definition) is 2. The quantitative estimate of drug-likeness (QED) is 0.102. The highest BCUT2D eigenvalue weighted by molar-refractivity contribution is 7.92. The number of imidazole rings is 1. The number of nitrogens with one attached hydrogen (secondary N) is 2. The van der Waals surface area contributed by atoms with Crippen molar-refractivity contribution in [3.05, 3.63) is 111 Å². The number of aromatic nitrogens is 7. The first-order valence-corrected chi connectivity index (χ1v) is 21.1. The maximum Gasteiger partial charge on any atom is 0.293 e. The Kier molecular flexibility index (Phi) is 10.2. The molecule has 20 heteroatoms. The number of anilines is 1. The van der Waals surface area contributed by atoms with Gasteiger partial charge in [0.25, 0.3) is 12.3 Å². The predicted octanol–water partition coefficient (Wildman–Crippen LogP) is 7.44. The number of hydrogen-bond acceptors (Lipinski definition) is 7. The average Bonchev–Trinajstić information content (AvgIpc) is 3.37. The molecule has 0 radical (unpaired) electrons. The number of alkyl halides is 4. The fourth-order valence-electron chi connectivity index (χ4n) is 8.26. The topological polar surface area (TPSA) is 142 Å². The molecule has 4 aromatic heterocycles. The van der Waals surface area contributed by atoms with Crippen LogP contribution in [0.4, 0.5) is 32.2 Å². The van der Waals surface area contributed by atoms with Gasteiger partial charge in [-0.1, -0.05) is 23.6 Å². The molecule has 318 valence electrons. The van der Waals surface area contributed by atoms with Gasteiger partial charge in [-0.3, -0.25) is 18.9 Å². The minimum absolute atomic E-state index is 0.0247. The van der Waals surface area contributed by atoms with Crippen molar-refractivity contribution in [2.45, 2.75) is 63.0 Å². The minimum Gasteiger partial charge on any atom is -0.346 e. The van der Waals surface area contributed by atoms with Crippen molar-refractivity contribution in [2.75, 3.05) is 11.0 Å². The van der Waals surface area contributed by atoms with E-state index in [4.69, 9.17) is 16.6 Å². The van der Waals surface area contributed by atoms with E-state index in [1.165, 1.54) is 10.7 Å². The van der Waals surface area contributed by atoms with Crippen molar-refractivity contribution in [3.63, 3.8) is 0 Å². The van der Waals surface area contributed by atoms with Gasteiger partial charge in [0.2, 0.25) is 15.9 Å². The van der Waals surface area contributed by atoms with E-state index in [-0.39, 0.29) is 51.6 Å². The molecule has 0 spiro atoms. The second-order valence-corrected chi connectivity index (χ2v) is 18.0. The van der Waals surface area contributed by atoms with Crippen molar-refractivity contribution >= 4 is 44.3 Å². The van der Waals surface area contributed by atoms with Crippen molar-refractivity contribution in [1.82, 2.24) is 39.4 Å². The van der Waals surface area contributed by atoms with Crippen LogP contribution in [0.3, 0.4) is 0 Å². The first-order chi connectivity index (χ1) is 28.6. The van der Waals surface area contributed by atoms with Gasteiger partial charge in [-0.2, -0.15) is 19.0 Å². The Hall–Kier alpha value is -5.87. The molecule has 0 saturated heterocycles. The van der Waals surface area contributed by atoms with E-state index in [0.717, 1.165) is 18.4 Å². The molecule has 1 amide bonds. The zero-order valence-corrected chi connectivity index (χ0v) is 34.6. The number of aryl methyl sites for hydroxylation is 2. The highest BCUT2D eigenvalue weighted by atomic mass is 35.5. The summed E-state index contributed by atoms with van der Waals surface area (Å²) in [6.45, 7) is 2.80. The van der Waals surface area contributed by atoms with E-state index in [2.05, 4.69) is 37.1 Å². The van der Waals surface area contributed by atoms with Gasteiger partial charge in [-0.25, -0.2) is 35.9 Å². The number of sulfonamides is 1. The Morgan fingerprint density at radius 3 is 2.41 bits per heavy atom. The third kappa shape index (κ3) is 7.82. The number of fused-ring (bicyclic) bond motifs is 4. The van der Waals surface area contributed by atoms with Crippen molar-refractivity contribution in [2.24, 2.45) is 20.0 Å². The number of carbonyl (C=O) groups is 1. The summed E-state index contributed by atoms with van der Waals surface area (Å²) in [5.41, 5.74) is -1.27. The third-order valence-corrected chi connectivity index (χ3v) is 11.7. The molecule has 2 N–H and O–H groups in total. The summed E-state index contributed by atoms with van der Waals surface area (Å²) >= 11 is 6.64. The van der Waals surface area contributed by atoms with Crippen molar-refractivity contribution in [1.29, 1.82) is 0 Å². The van der Waals surface area contributed by atoms with Gasteiger partial charge in [-0.05, 0) is 74.4 Å². The van der Waals surface area contributed by atoms with Crippen LogP contribution in [-0.4, -0.2) is 54.7 Å². The second kappa shape index (κ2) is 14.9. The summed E-state index contributed by atoms with van der Waals surface area (Å²) in [4.78, 5) is 23.4. The lowest BCUT2D eigenvalue weighted by atomic mass is 9.92. The molecular formula is C41H36ClF6N9O3S. The molecule has 0 unspecified atom stereocenters. The van der Waals surface area contributed by atoms with Crippen LogP contribution in [0, 0.1) is 29.4 Å². The zero-order chi connectivity index (χ0) is 43.9. The molecule has 0 bridgehead atoms. The summed E-state index contributed by atoms with van der Waals surface area (Å²) < 4.78 is 119. The Balaban J connectivity index is 1.29. The normalized spacial score (nSPS) is 17.2. The van der Waals surface area contributed by atoms with Gasteiger partial charge in [0.1, 0.15) is 41.1 Å². The van der Waals surface area contributed by atoms with Crippen LogP contribution in [0.5, 0.6) is 0 Å². The molecule has 0 aliphatic heterocycles. The maximum absolute atomic E-state index is 15.5. The monoisotopic (exact) mass is 883 g/mol. The van der Waals surface area contributed by atoms with Crippen LogP contribution >= 0.6 is 11.6 Å². The summed E-state index contributed by atoms with van der Waals surface area (Å²) in [6, 6.07) is 7.81. The van der Waals surface area contributed by atoms with Gasteiger partial charge in [0, 0.05) is 55.2 Å². The van der Waals surface area contributed by atoms with Gasteiger partial charge < -0.3 is 9.88 Å². The third-order valence-electron chi connectivity index (χ3n) is 10.8. The van der Waals surface area contributed by atoms with Crippen LogP contribution < -0.4 is 10.0 Å². The van der Waals surface area contributed by atoms with Gasteiger partial charge in [0.05, 0.1) is 39.3 Å². The number of halogens is 7. The lowest BCUT2D eigenvalue weighted by Crippen LogP contribution is -2.35. The van der Waals surface area contributed by atoms with E-state index in [0.29, 0.717) is 33.2 Å². The molecule has 1 saturated carbocycles. The number of rotatable bonds is 11. The van der Waals surface area contributed by atoms with E-state index in [1.54, 1.807) is 37.6 Å². The molecule has 6 aromatic rings. The molecule has 8 rings (SSSR count). The number of nitrogens with zero attached hydrogens (tertiary/aromatic N) is 7. The smallest absolute Gasteiger partial charge is 0.293 e. The van der Waals surface area contributed by atoms with Crippen LogP contribution in [0.15, 0.2) is 54.9 Å². The minimum atomic E-state index is -3.83. The SMILES string of the molecule is Cn1ccnc1C(C)(C)C#Cc1ccc(-c2ccc(Cl)c3c(NS(C)(=O)=O)nn(C)c23)c([C@H](Cc2cc(F)cc(F)c2)NC(=O)Cn2nc(C(F)F)c3c2C(F)(F)[C@@H]2C[C@H]32)n1. The van der Waals surface area contributed by atoms with E-state index >= 15 is 8.78 Å². The summed E-state index contributed by atoms with van der Waals surface area (Å²) in [6.07, 6.45) is 0.878. The number of carbonyl (C=O) groups excluding carboxylic acids is 1. The molecule has 2 aliphatic rings. The molecule has 3 atom stereocenters. The lowest BCUT2D eigenvalue weighted by Gasteiger charge is -2.23. The highest BCUT2D eigenvalue weighted by Gasteiger charge is 2.67. The number of benzene rings is 2. The second-order valence-electron chi connectivity index (χ2n) is 15.8. The Morgan fingerprint density at radius 2 is 1.75 bits per heavy atom. The molecule has 1 fully saturated rings. The molecule has 2 aromatic carbocycles. The van der Waals surface area contributed by atoms with Crippen LogP contribution in [0.2, 0.25) is 5.02 Å². The molecule has 12 nitrogen and oxygen atoms in total. The highest BCUT2D eigenvalue weighted by Crippen LogP contribution is 2.68.